The van der Waals surface area contributed by atoms with E-state index in [2.05, 4.69) is 65.6 Å². The van der Waals surface area contributed by atoms with Crippen molar-refractivity contribution in [2.45, 2.75) is 19.9 Å². The summed E-state index contributed by atoms with van der Waals surface area (Å²) >= 11 is 4.67. The molecule has 2 aromatic rings. The summed E-state index contributed by atoms with van der Waals surface area (Å²) in [6.45, 7) is 4.34. The summed E-state index contributed by atoms with van der Waals surface area (Å²) in [6, 6.07) is 8.76. The summed E-state index contributed by atoms with van der Waals surface area (Å²) in [4.78, 5) is 0. The van der Waals surface area contributed by atoms with Crippen molar-refractivity contribution >= 4 is 34.4 Å². The van der Waals surface area contributed by atoms with Gasteiger partial charge in [-0.15, -0.1) is 0 Å². The highest BCUT2D eigenvalue weighted by Gasteiger charge is 2.03. The number of nitrogens with zero attached hydrogens (tertiary/aromatic N) is 2. The zero-order valence-corrected chi connectivity index (χ0v) is 11.2. The predicted molar refractivity (Wildman–Crippen MR) is 79.8 cm³/mol. The van der Waals surface area contributed by atoms with Crippen molar-refractivity contribution in [1.82, 2.24) is 9.99 Å². The molecule has 0 saturated heterocycles. The predicted octanol–water partition coefficient (Wildman–Crippen LogP) is 2.39. The van der Waals surface area contributed by atoms with Crippen LogP contribution >= 0.6 is 12.2 Å². The summed E-state index contributed by atoms with van der Waals surface area (Å²) in [5.41, 5.74) is 10.1. The van der Waals surface area contributed by atoms with E-state index in [-0.39, 0.29) is 5.11 Å². The molecule has 2 rings (SSSR count). The second kappa shape index (κ2) is 5.18. The van der Waals surface area contributed by atoms with E-state index >= 15 is 0 Å². The fraction of sp³-hybridized carbons (Fsp3) is 0.231. The van der Waals surface area contributed by atoms with Crippen molar-refractivity contribution in [2.75, 3.05) is 0 Å². The van der Waals surface area contributed by atoms with Crippen molar-refractivity contribution in [3.63, 3.8) is 0 Å². The Kier molecular flexibility index (Phi) is 3.62. The van der Waals surface area contributed by atoms with Gasteiger partial charge in [0, 0.05) is 23.1 Å². The Labute approximate surface area is 111 Å². The van der Waals surface area contributed by atoms with Crippen molar-refractivity contribution in [1.29, 1.82) is 0 Å². The Morgan fingerprint density at radius 1 is 1.44 bits per heavy atom. The van der Waals surface area contributed by atoms with Gasteiger partial charge in [-0.1, -0.05) is 6.07 Å². The van der Waals surface area contributed by atoms with Gasteiger partial charge in [0.2, 0.25) is 0 Å². The molecule has 0 saturated carbocycles. The molecule has 0 amide bonds. The van der Waals surface area contributed by atoms with Crippen LogP contribution in [0.25, 0.3) is 10.9 Å². The molecule has 0 aliphatic rings. The fourth-order valence-corrected chi connectivity index (χ4v) is 1.94. The van der Waals surface area contributed by atoms with E-state index in [0.717, 1.165) is 5.56 Å². The van der Waals surface area contributed by atoms with E-state index < -0.39 is 0 Å². The van der Waals surface area contributed by atoms with Gasteiger partial charge in [0.05, 0.1) is 6.21 Å². The third-order valence-corrected chi connectivity index (χ3v) is 2.78. The number of aromatic nitrogens is 1. The molecule has 0 aliphatic heterocycles. The van der Waals surface area contributed by atoms with Crippen molar-refractivity contribution in [2.24, 2.45) is 10.8 Å². The average molecular weight is 260 g/mol. The largest absolute Gasteiger partial charge is 0.375 e. The molecule has 94 valence electrons. The number of hydrogen-bond acceptors (Lipinski definition) is 2. The van der Waals surface area contributed by atoms with Gasteiger partial charge in [0.1, 0.15) is 0 Å². The Balaban J connectivity index is 2.29. The molecule has 0 fully saturated rings. The molecule has 18 heavy (non-hydrogen) atoms. The summed E-state index contributed by atoms with van der Waals surface area (Å²) in [6.07, 6.45) is 3.80. The topological polar surface area (TPSA) is 55.3 Å². The summed E-state index contributed by atoms with van der Waals surface area (Å²) in [5.74, 6) is 0. The Morgan fingerprint density at radius 3 is 2.89 bits per heavy atom. The zero-order chi connectivity index (χ0) is 13.1. The van der Waals surface area contributed by atoms with Crippen LogP contribution in [-0.2, 0) is 0 Å². The molecule has 0 unspecified atom stereocenters. The smallest absolute Gasteiger partial charge is 0.184 e. The van der Waals surface area contributed by atoms with E-state index in [0.29, 0.717) is 6.04 Å². The second-order valence-electron chi connectivity index (χ2n) is 4.37. The Hall–Kier alpha value is -1.88. The minimum atomic E-state index is 0.165. The van der Waals surface area contributed by atoms with Crippen LogP contribution in [0.3, 0.4) is 0 Å². The number of nitrogens with two attached hydrogens (primary N) is 1. The van der Waals surface area contributed by atoms with Crippen LogP contribution in [0, 0.1) is 0 Å². The molecule has 0 spiro atoms. The standard InChI is InChI=1S/C13H16N4S/c1-9(2)17-6-5-11-7-10(3-4-12(11)17)8-15-16-13(14)18/h3-9H,1-2H3,(H3,14,16,18). The number of hydrogen-bond donors (Lipinski definition) is 2. The van der Waals surface area contributed by atoms with Crippen LogP contribution in [0.5, 0.6) is 0 Å². The van der Waals surface area contributed by atoms with Crippen LogP contribution in [-0.4, -0.2) is 15.9 Å². The molecule has 0 bridgehead atoms. The van der Waals surface area contributed by atoms with Crippen LogP contribution in [0.4, 0.5) is 0 Å². The lowest BCUT2D eigenvalue weighted by molar-refractivity contribution is 0.623. The van der Waals surface area contributed by atoms with Gasteiger partial charge in [-0.3, -0.25) is 5.43 Å². The van der Waals surface area contributed by atoms with E-state index in [1.807, 2.05) is 6.07 Å². The normalized spacial score (nSPS) is 11.5. The molecular formula is C13H16N4S. The molecule has 4 nitrogen and oxygen atoms in total. The highest BCUT2D eigenvalue weighted by molar-refractivity contribution is 7.80. The van der Waals surface area contributed by atoms with Crippen molar-refractivity contribution in [3.05, 3.63) is 36.0 Å². The first-order valence-electron chi connectivity index (χ1n) is 5.77. The third kappa shape index (κ3) is 2.68. The zero-order valence-electron chi connectivity index (χ0n) is 10.4. The highest BCUT2D eigenvalue weighted by Crippen LogP contribution is 2.20. The highest BCUT2D eigenvalue weighted by atomic mass is 32.1. The maximum absolute atomic E-state index is 5.29. The molecule has 1 heterocycles. The first-order chi connectivity index (χ1) is 8.58. The average Bonchev–Trinajstić information content (AvgIpc) is 2.71. The van der Waals surface area contributed by atoms with Gasteiger partial charge >= 0.3 is 0 Å². The van der Waals surface area contributed by atoms with Crippen molar-refractivity contribution < 1.29 is 0 Å². The van der Waals surface area contributed by atoms with E-state index in [1.165, 1.54) is 10.9 Å². The van der Waals surface area contributed by atoms with Gasteiger partial charge < -0.3 is 10.3 Å². The Morgan fingerprint density at radius 2 is 2.22 bits per heavy atom. The number of fused-ring (bicyclic) bond motifs is 1. The van der Waals surface area contributed by atoms with Gasteiger partial charge in [-0.25, -0.2) is 0 Å². The maximum Gasteiger partial charge on any atom is 0.184 e. The number of thiocarbonyl (C=S) groups is 1. The lowest BCUT2D eigenvalue weighted by atomic mass is 10.2. The number of rotatable bonds is 3. The lowest BCUT2D eigenvalue weighted by Gasteiger charge is -2.08. The second-order valence-corrected chi connectivity index (χ2v) is 4.81. The van der Waals surface area contributed by atoms with Crippen LogP contribution in [0.15, 0.2) is 35.6 Å². The van der Waals surface area contributed by atoms with Gasteiger partial charge in [0.25, 0.3) is 0 Å². The Bertz CT molecular complexity index is 598. The molecule has 0 aliphatic carbocycles. The van der Waals surface area contributed by atoms with Crippen LogP contribution < -0.4 is 11.2 Å². The number of nitrogens with one attached hydrogen (secondary N) is 1. The number of benzene rings is 1. The van der Waals surface area contributed by atoms with Crippen molar-refractivity contribution in [3.8, 4) is 0 Å². The minimum Gasteiger partial charge on any atom is -0.375 e. The molecule has 1 aromatic carbocycles. The van der Waals surface area contributed by atoms with Gasteiger partial charge in [-0.05, 0) is 49.8 Å². The monoisotopic (exact) mass is 260 g/mol. The molecule has 0 radical (unpaired) electrons. The van der Waals surface area contributed by atoms with E-state index in [1.54, 1.807) is 6.21 Å². The van der Waals surface area contributed by atoms with E-state index in [4.69, 9.17) is 5.73 Å². The SMILES string of the molecule is CC(C)n1ccc2cc(C=NNC(N)=S)ccc21. The lowest BCUT2D eigenvalue weighted by Crippen LogP contribution is -2.23. The maximum atomic E-state index is 5.29. The summed E-state index contributed by atoms with van der Waals surface area (Å²) in [5, 5.41) is 5.30. The number of hydrazone groups is 1. The van der Waals surface area contributed by atoms with Gasteiger partial charge in [0.15, 0.2) is 5.11 Å². The summed E-state index contributed by atoms with van der Waals surface area (Å²) in [7, 11) is 0. The fourth-order valence-electron chi connectivity index (χ4n) is 1.88. The first kappa shape index (κ1) is 12.6. The quantitative estimate of drug-likeness (QED) is 0.506. The molecule has 0 atom stereocenters. The first-order valence-corrected chi connectivity index (χ1v) is 6.18. The van der Waals surface area contributed by atoms with Crippen LogP contribution in [0.2, 0.25) is 0 Å². The van der Waals surface area contributed by atoms with Crippen LogP contribution in [0.1, 0.15) is 25.5 Å². The minimum absolute atomic E-state index is 0.165. The van der Waals surface area contributed by atoms with E-state index in [9.17, 15) is 0 Å². The third-order valence-electron chi connectivity index (χ3n) is 2.69. The molecule has 1 aromatic heterocycles. The van der Waals surface area contributed by atoms with Gasteiger partial charge in [-0.2, -0.15) is 5.10 Å². The molecular weight excluding hydrogens is 244 g/mol. The molecule has 3 N–H and O–H groups in total. The summed E-state index contributed by atoms with van der Waals surface area (Å²) < 4.78 is 2.24. The molecule has 5 heteroatoms.